The molecule has 1 N–H and O–H groups in total. The second-order valence-electron chi connectivity index (χ2n) is 4.73. The van der Waals surface area contributed by atoms with E-state index in [-0.39, 0.29) is 5.91 Å². The number of hydrogen-bond donors (Lipinski definition) is 1. The molecule has 6 nitrogen and oxygen atoms in total. The zero-order valence-electron chi connectivity index (χ0n) is 12.4. The predicted octanol–water partition coefficient (Wildman–Crippen LogP) is 3.55. The Labute approximate surface area is 145 Å². The van der Waals surface area contributed by atoms with Gasteiger partial charge in [-0.3, -0.25) is 10.1 Å². The van der Waals surface area contributed by atoms with Crippen LogP contribution in [0.15, 0.2) is 28.6 Å². The predicted molar refractivity (Wildman–Crippen MR) is 93.2 cm³/mol. The van der Waals surface area contributed by atoms with E-state index in [9.17, 15) is 4.79 Å². The summed E-state index contributed by atoms with van der Waals surface area (Å²) in [5, 5.41) is 15.2. The quantitative estimate of drug-likeness (QED) is 0.551. The molecule has 0 saturated heterocycles. The average Bonchev–Trinajstić information content (AvgIpc) is 3.15. The van der Waals surface area contributed by atoms with E-state index in [0.717, 1.165) is 21.6 Å². The minimum Gasteiger partial charge on any atom is -0.296 e. The van der Waals surface area contributed by atoms with E-state index in [1.54, 1.807) is 18.7 Å². The van der Waals surface area contributed by atoms with Gasteiger partial charge in [-0.05, 0) is 36.5 Å². The minimum atomic E-state index is -0.246. The molecule has 0 aliphatic carbocycles. The molecule has 0 bridgehead atoms. The smallest absolute Gasteiger partial charge is 0.271 e. The number of rotatable bonds is 5. The number of carbonyl (C=O) groups excluding carboxylic acids is 1. The first-order valence-electron chi connectivity index (χ1n) is 6.74. The lowest BCUT2D eigenvalue weighted by atomic mass is 10.1. The third-order valence-corrected chi connectivity index (χ3v) is 5.94. The maximum Gasteiger partial charge on any atom is 0.271 e. The lowest BCUT2D eigenvalue weighted by molar-refractivity contribution is 0.102. The first-order chi connectivity index (χ1) is 11.1. The summed E-state index contributed by atoms with van der Waals surface area (Å²) in [4.78, 5) is 12.6. The molecular weight excluding hydrogens is 350 g/mol. The number of nitrogens with zero attached hydrogens (tertiary/aromatic N) is 4. The van der Waals surface area contributed by atoms with Gasteiger partial charge >= 0.3 is 0 Å². The number of benzene rings is 1. The van der Waals surface area contributed by atoms with Crippen LogP contribution in [0.3, 0.4) is 0 Å². The molecule has 0 fully saturated rings. The summed E-state index contributed by atoms with van der Waals surface area (Å²) >= 11 is 4.04. The van der Waals surface area contributed by atoms with Gasteiger partial charge in [0.2, 0.25) is 5.13 Å². The summed E-state index contributed by atoms with van der Waals surface area (Å²) in [5.74, 6) is 0.580. The number of thioether (sulfide) groups is 1. The van der Waals surface area contributed by atoms with Crippen LogP contribution in [0.25, 0.3) is 0 Å². The van der Waals surface area contributed by atoms with Crippen LogP contribution < -0.4 is 5.32 Å². The molecule has 0 radical (unpaired) electrons. The van der Waals surface area contributed by atoms with Gasteiger partial charge in [0.1, 0.15) is 4.88 Å². The minimum absolute atomic E-state index is 0.246. The van der Waals surface area contributed by atoms with Crippen molar-refractivity contribution in [3.8, 4) is 0 Å². The van der Waals surface area contributed by atoms with Crippen molar-refractivity contribution in [3.63, 3.8) is 0 Å². The highest BCUT2D eigenvalue weighted by atomic mass is 32.2. The van der Waals surface area contributed by atoms with E-state index < -0.39 is 0 Å². The van der Waals surface area contributed by atoms with Gasteiger partial charge in [0, 0.05) is 5.75 Å². The number of nitrogens with one attached hydrogen (secondary N) is 1. The summed E-state index contributed by atoms with van der Waals surface area (Å²) < 4.78 is 4.58. The molecule has 1 amide bonds. The van der Waals surface area contributed by atoms with Crippen LogP contribution in [0.2, 0.25) is 0 Å². The van der Waals surface area contributed by atoms with Crippen molar-refractivity contribution < 1.29 is 4.79 Å². The summed E-state index contributed by atoms with van der Waals surface area (Å²) in [6.07, 6.45) is 0. The van der Waals surface area contributed by atoms with Crippen molar-refractivity contribution in [1.82, 2.24) is 19.8 Å². The number of amides is 1. The zero-order valence-corrected chi connectivity index (χ0v) is 14.9. The Morgan fingerprint density at radius 3 is 2.78 bits per heavy atom. The van der Waals surface area contributed by atoms with E-state index in [4.69, 9.17) is 0 Å². The number of aryl methyl sites for hydroxylation is 2. The molecule has 9 heteroatoms. The molecule has 23 heavy (non-hydrogen) atoms. The summed E-state index contributed by atoms with van der Waals surface area (Å²) in [5.41, 5.74) is 3.14. The molecule has 3 aromatic rings. The molecule has 0 aliphatic rings. The average molecular weight is 363 g/mol. The van der Waals surface area contributed by atoms with Gasteiger partial charge < -0.3 is 0 Å². The Balaban J connectivity index is 1.61. The van der Waals surface area contributed by atoms with Gasteiger partial charge in [-0.25, -0.2) is 0 Å². The lowest BCUT2D eigenvalue weighted by Crippen LogP contribution is -2.11. The summed E-state index contributed by atoms with van der Waals surface area (Å²) in [6.45, 7) is 3.84. The molecule has 0 atom stereocenters. The van der Waals surface area contributed by atoms with Crippen molar-refractivity contribution in [2.45, 2.75) is 23.9 Å². The highest BCUT2D eigenvalue weighted by Gasteiger charge is 2.15. The third kappa shape index (κ3) is 3.92. The highest BCUT2D eigenvalue weighted by Crippen LogP contribution is 2.29. The molecule has 1 aromatic carbocycles. The van der Waals surface area contributed by atoms with Crippen LogP contribution in [-0.4, -0.2) is 25.7 Å². The van der Waals surface area contributed by atoms with Gasteiger partial charge in [0.25, 0.3) is 5.91 Å². The number of carbonyl (C=O) groups is 1. The first-order valence-corrected chi connectivity index (χ1v) is 9.32. The number of anilines is 1. The second kappa shape index (κ2) is 7.16. The lowest BCUT2D eigenvalue weighted by Gasteiger charge is -2.02. The Morgan fingerprint density at radius 1 is 1.22 bits per heavy atom. The van der Waals surface area contributed by atoms with E-state index >= 15 is 0 Å². The van der Waals surface area contributed by atoms with Gasteiger partial charge in [-0.2, -0.15) is 0 Å². The molecule has 0 aliphatic heterocycles. The molecule has 2 aromatic heterocycles. The van der Waals surface area contributed by atoms with Crippen molar-refractivity contribution >= 4 is 45.7 Å². The molecule has 2 heterocycles. The van der Waals surface area contributed by atoms with Crippen molar-refractivity contribution in [3.05, 3.63) is 46.0 Å². The van der Waals surface area contributed by atoms with Crippen LogP contribution in [0.4, 0.5) is 5.13 Å². The van der Waals surface area contributed by atoms with Gasteiger partial charge in [0.15, 0.2) is 4.34 Å². The number of aromatic nitrogens is 4. The third-order valence-electron chi connectivity index (χ3n) is 3.10. The van der Waals surface area contributed by atoms with E-state index in [1.807, 2.05) is 12.1 Å². The molecule has 0 unspecified atom stereocenters. The van der Waals surface area contributed by atoms with E-state index in [1.165, 1.54) is 22.5 Å². The second-order valence-corrected chi connectivity index (χ2v) is 7.68. The Hall–Kier alpha value is -1.84. The molecular formula is C14H13N5OS3. The normalized spacial score (nSPS) is 10.7. The first kappa shape index (κ1) is 16.0. The van der Waals surface area contributed by atoms with Crippen LogP contribution in [-0.2, 0) is 5.75 Å². The molecule has 118 valence electrons. The maximum atomic E-state index is 12.1. The number of hydrogen-bond acceptors (Lipinski definition) is 8. The molecule has 0 saturated carbocycles. The Morgan fingerprint density at radius 2 is 2.04 bits per heavy atom. The SMILES string of the molecule is Cc1ccccc1CSc1nnc(NC(=O)c2snnc2C)s1. The van der Waals surface area contributed by atoms with Crippen molar-refractivity contribution in [2.24, 2.45) is 0 Å². The highest BCUT2D eigenvalue weighted by molar-refractivity contribution is 8.00. The topological polar surface area (TPSA) is 80.7 Å². The van der Waals surface area contributed by atoms with Crippen LogP contribution >= 0.6 is 34.6 Å². The van der Waals surface area contributed by atoms with E-state index in [2.05, 4.69) is 44.2 Å². The largest absolute Gasteiger partial charge is 0.296 e. The maximum absolute atomic E-state index is 12.1. The van der Waals surface area contributed by atoms with Crippen molar-refractivity contribution in [2.75, 3.05) is 5.32 Å². The standard InChI is InChI=1S/C14H13N5OS3/c1-8-5-3-4-6-10(8)7-21-14-18-17-13(22-14)15-12(20)11-9(2)16-19-23-11/h3-6H,7H2,1-2H3,(H,15,17,20). The zero-order chi connectivity index (χ0) is 16.2. The van der Waals surface area contributed by atoms with Crippen LogP contribution in [0.5, 0.6) is 0 Å². The molecule has 0 spiro atoms. The van der Waals surface area contributed by atoms with Gasteiger partial charge in [0.05, 0.1) is 5.69 Å². The van der Waals surface area contributed by atoms with Crippen LogP contribution in [0.1, 0.15) is 26.5 Å². The molecule has 3 rings (SSSR count). The fraction of sp³-hybridized carbons (Fsp3) is 0.214. The Bertz CT molecular complexity index is 829. The van der Waals surface area contributed by atoms with Crippen LogP contribution in [0, 0.1) is 13.8 Å². The fourth-order valence-corrected chi connectivity index (χ4v) is 4.20. The monoisotopic (exact) mass is 363 g/mol. The fourth-order valence-electron chi connectivity index (χ4n) is 1.82. The van der Waals surface area contributed by atoms with E-state index in [0.29, 0.717) is 15.7 Å². The van der Waals surface area contributed by atoms with Gasteiger partial charge in [-0.15, -0.1) is 15.3 Å². The summed E-state index contributed by atoms with van der Waals surface area (Å²) in [6, 6.07) is 8.25. The summed E-state index contributed by atoms with van der Waals surface area (Å²) in [7, 11) is 0. The van der Waals surface area contributed by atoms with Crippen molar-refractivity contribution in [1.29, 1.82) is 0 Å². The van der Waals surface area contributed by atoms with Gasteiger partial charge in [-0.1, -0.05) is 51.9 Å². The Kier molecular flexibility index (Phi) is 4.99.